The van der Waals surface area contributed by atoms with E-state index < -0.39 is 10.0 Å². The number of anilines is 2. The fourth-order valence-corrected chi connectivity index (χ4v) is 6.29. The van der Waals surface area contributed by atoms with Crippen LogP contribution < -0.4 is 9.62 Å². The maximum atomic E-state index is 13.2. The molecule has 1 aliphatic rings. The number of morpholine rings is 1. The second kappa shape index (κ2) is 7.29. The number of hydrogen-bond donors (Lipinski definition) is 1. The van der Waals surface area contributed by atoms with Gasteiger partial charge in [-0.3, -0.25) is 9.71 Å². The van der Waals surface area contributed by atoms with Crippen LogP contribution in [0.2, 0.25) is 0 Å². The average molecular weight is 426 g/mol. The van der Waals surface area contributed by atoms with Gasteiger partial charge in [-0.15, -0.1) is 11.3 Å². The Kier molecular flexibility index (Phi) is 4.61. The molecule has 1 aliphatic heterocycles. The van der Waals surface area contributed by atoms with E-state index in [1.54, 1.807) is 17.8 Å². The molecule has 8 heteroatoms. The van der Waals surface area contributed by atoms with Gasteiger partial charge in [0.25, 0.3) is 10.0 Å². The van der Waals surface area contributed by atoms with E-state index in [-0.39, 0.29) is 0 Å². The lowest BCUT2D eigenvalue weighted by molar-refractivity contribution is 0.123. The maximum Gasteiger partial charge on any atom is 0.263 e. The molecule has 2 aromatic carbocycles. The van der Waals surface area contributed by atoms with Gasteiger partial charge in [0.15, 0.2) is 0 Å². The summed E-state index contributed by atoms with van der Waals surface area (Å²) < 4.78 is 35.5. The van der Waals surface area contributed by atoms with E-state index in [2.05, 4.69) is 14.6 Å². The molecule has 0 saturated carbocycles. The normalized spacial score (nSPS) is 15.1. The van der Waals surface area contributed by atoms with Gasteiger partial charge in [0.1, 0.15) is 4.90 Å². The van der Waals surface area contributed by atoms with Gasteiger partial charge < -0.3 is 9.64 Å². The molecule has 148 valence electrons. The third kappa shape index (κ3) is 3.33. The van der Waals surface area contributed by atoms with Crippen molar-refractivity contribution in [1.82, 2.24) is 4.98 Å². The lowest BCUT2D eigenvalue weighted by Crippen LogP contribution is -2.36. The fraction of sp³-hybridized carbons (Fsp3) is 0.190. The third-order valence-electron chi connectivity index (χ3n) is 5.13. The zero-order valence-corrected chi connectivity index (χ0v) is 17.2. The summed E-state index contributed by atoms with van der Waals surface area (Å²) in [6.07, 6.45) is 3.44. The minimum atomic E-state index is -3.73. The summed E-state index contributed by atoms with van der Waals surface area (Å²) in [7, 11) is -3.73. The Labute approximate surface area is 172 Å². The molecule has 0 unspecified atom stereocenters. The second-order valence-corrected chi connectivity index (χ2v) is 9.42. The van der Waals surface area contributed by atoms with Gasteiger partial charge in [-0.25, -0.2) is 8.42 Å². The van der Waals surface area contributed by atoms with Crippen molar-refractivity contribution in [2.24, 2.45) is 0 Å². The third-order valence-corrected chi connectivity index (χ3v) is 7.64. The Morgan fingerprint density at radius 1 is 1.00 bits per heavy atom. The molecule has 1 N–H and O–H groups in total. The summed E-state index contributed by atoms with van der Waals surface area (Å²) in [6.45, 7) is 2.99. The molecule has 0 bridgehead atoms. The van der Waals surface area contributed by atoms with Crippen molar-refractivity contribution in [3.63, 3.8) is 0 Å². The van der Waals surface area contributed by atoms with Gasteiger partial charge in [0, 0.05) is 57.4 Å². The van der Waals surface area contributed by atoms with Crippen LogP contribution >= 0.6 is 11.3 Å². The second-order valence-electron chi connectivity index (χ2n) is 6.85. The Bertz CT molecular complexity index is 1300. The molecule has 0 spiro atoms. The standard InChI is InChI=1S/C21H19N3O3S2/c25-29(26,21-14-28-20-4-2-1-3-16(20)21)23-18-5-6-19(24-9-11-27-12-10-24)15-7-8-22-13-17(15)18/h1-8,13-14,23H,9-12H2. The highest BCUT2D eigenvalue weighted by atomic mass is 32.2. The summed E-state index contributed by atoms with van der Waals surface area (Å²) >= 11 is 1.43. The molecule has 1 saturated heterocycles. The number of aromatic nitrogens is 1. The molecule has 4 aromatic rings. The SMILES string of the molecule is O=S(=O)(Nc1ccc(N2CCOCC2)c2ccncc12)c1csc2ccccc12. The fourth-order valence-electron chi connectivity index (χ4n) is 3.70. The molecule has 0 aliphatic carbocycles. The van der Waals surface area contributed by atoms with Gasteiger partial charge in [0.2, 0.25) is 0 Å². The Balaban J connectivity index is 1.57. The molecule has 0 amide bonds. The number of benzene rings is 2. The first-order chi connectivity index (χ1) is 14.1. The molecule has 29 heavy (non-hydrogen) atoms. The minimum Gasteiger partial charge on any atom is -0.378 e. The first-order valence-corrected chi connectivity index (χ1v) is 11.7. The zero-order valence-electron chi connectivity index (χ0n) is 15.5. The number of ether oxygens (including phenoxy) is 1. The van der Waals surface area contributed by atoms with Crippen LogP contribution in [0.15, 0.2) is 65.1 Å². The van der Waals surface area contributed by atoms with E-state index in [4.69, 9.17) is 4.74 Å². The lowest BCUT2D eigenvalue weighted by Gasteiger charge is -2.30. The van der Waals surface area contributed by atoms with Crippen molar-refractivity contribution in [3.8, 4) is 0 Å². The summed E-state index contributed by atoms with van der Waals surface area (Å²) in [5, 5.41) is 4.17. The molecule has 0 radical (unpaired) electrons. The van der Waals surface area contributed by atoms with Crippen LogP contribution in [0, 0.1) is 0 Å². The van der Waals surface area contributed by atoms with Gasteiger partial charge in [-0.1, -0.05) is 18.2 Å². The number of rotatable bonds is 4. The smallest absolute Gasteiger partial charge is 0.263 e. The van der Waals surface area contributed by atoms with Crippen molar-refractivity contribution >= 4 is 53.6 Å². The van der Waals surface area contributed by atoms with Crippen LogP contribution in [0.5, 0.6) is 0 Å². The van der Waals surface area contributed by atoms with Gasteiger partial charge in [-0.2, -0.15) is 0 Å². The van der Waals surface area contributed by atoms with Gasteiger partial charge >= 0.3 is 0 Å². The maximum absolute atomic E-state index is 13.2. The first-order valence-electron chi connectivity index (χ1n) is 9.32. The van der Waals surface area contributed by atoms with Crippen LogP contribution in [-0.2, 0) is 14.8 Å². The van der Waals surface area contributed by atoms with Crippen LogP contribution in [0.1, 0.15) is 0 Å². The Morgan fingerprint density at radius 2 is 1.83 bits per heavy atom. The molecular formula is C21H19N3O3S2. The Morgan fingerprint density at radius 3 is 2.69 bits per heavy atom. The predicted octanol–water partition coefficient (Wildman–Crippen LogP) is 4.09. The summed E-state index contributed by atoms with van der Waals surface area (Å²) in [5.74, 6) is 0. The van der Waals surface area contributed by atoms with Gasteiger partial charge in [0.05, 0.1) is 18.9 Å². The zero-order chi connectivity index (χ0) is 19.8. The number of hydrogen-bond acceptors (Lipinski definition) is 6. The monoisotopic (exact) mass is 425 g/mol. The van der Waals surface area contributed by atoms with Gasteiger partial charge in [-0.05, 0) is 24.3 Å². The molecule has 2 aromatic heterocycles. The highest BCUT2D eigenvalue weighted by molar-refractivity contribution is 7.93. The van der Waals surface area contributed by atoms with Crippen LogP contribution in [-0.4, -0.2) is 39.7 Å². The van der Waals surface area contributed by atoms with E-state index >= 15 is 0 Å². The van der Waals surface area contributed by atoms with Crippen LogP contribution in [0.25, 0.3) is 20.9 Å². The van der Waals surface area contributed by atoms with E-state index in [1.807, 2.05) is 42.5 Å². The van der Waals surface area contributed by atoms with E-state index in [1.165, 1.54) is 11.3 Å². The van der Waals surface area contributed by atoms with Crippen molar-refractivity contribution in [3.05, 3.63) is 60.2 Å². The average Bonchev–Trinajstić information content (AvgIpc) is 3.20. The van der Waals surface area contributed by atoms with Crippen molar-refractivity contribution in [2.45, 2.75) is 4.90 Å². The molecular weight excluding hydrogens is 406 g/mol. The largest absolute Gasteiger partial charge is 0.378 e. The first kappa shape index (κ1) is 18.4. The summed E-state index contributed by atoms with van der Waals surface area (Å²) in [5.41, 5.74) is 1.59. The highest BCUT2D eigenvalue weighted by Gasteiger charge is 2.21. The van der Waals surface area contributed by atoms with Crippen molar-refractivity contribution in [1.29, 1.82) is 0 Å². The lowest BCUT2D eigenvalue weighted by atomic mass is 10.1. The predicted molar refractivity (Wildman–Crippen MR) is 117 cm³/mol. The minimum absolute atomic E-state index is 0.299. The molecule has 6 nitrogen and oxygen atoms in total. The summed E-state index contributed by atoms with van der Waals surface area (Å²) in [6, 6.07) is 13.2. The molecule has 3 heterocycles. The van der Waals surface area contributed by atoms with Crippen molar-refractivity contribution < 1.29 is 13.2 Å². The number of pyridine rings is 1. The van der Waals surface area contributed by atoms with Crippen LogP contribution in [0.3, 0.4) is 0 Å². The highest BCUT2D eigenvalue weighted by Crippen LogP contribution is 2.35. The van der Waals surface area contributed by atoms with E-state index in [0.717, 1.165) is 39.6 Å². The molecule has 5 rings (SSSR count). The number of sulfonamides is 1. The van der Waals surface area contributed by atoms with E-state index in [0.29, 0.717) is 23.8 Å². The molecule has 1 fully saturated rings. The topological polar surface area (TPSA) is 71.5 Å². The quantitative estimate of drug-likeness (QED) is 0.533. The number of thiophene rings is 1. The molecule has 0 atom stereocenters. The Hall–Kier alpha value is -2.68. The number of nitrogens with one attached hydrogen (secondary N) is 1. The number of fused-ring (bicyclic) bond motifs is 2. The van der Waals surface area contributed by atoms with E-state index in [9.17, 15) is 8.42 Å². The summed E-state index contributed by atoms with van der Waals surface area (Å²) in [4.78, 5) is 6.79. The van der Waals surface area contributed by atoms with Crippen molar-refractivity contribution in [2.75, 3.05) is 35.9 Å². The number of nitrogens with zero attached hydrogens (tertiary/aromatic N) is 2. The van der Waals surface area contributed by atoms with Crippen LogP contribution in [0.4, 0.5) is 11.4 Å².